The van der Waals surface area contributed by atoms with E-state index >= 15 is 0 Å². The van der Waals surface area contributed by atoms with E-state index in [4.69, 9.17) is 0 Å². The summed E-state index contributed by atoms with van der Waals surface area (Å²) in [5.74, 6) is -25.6. The lowest BCUT2D eigenvalue weighted by atomic mass is 10.0. The Hall–Kier alpha value is -3.14. The Balaban J connectivity index is -0.000000590. The molecule has 0 aliphatic heterocycles. The van der Waals surface area contributed by atoms with E-state index in [0.717, 1.165) is 12.8 Å². The van der Waals surface area contributed by atoms with Gasteiger partial charge in [0.2, 0.25) is 0 Å². The Morgan fingerprint density at radius 1 is 0.784 bits per heavy atom. The summed E-state index contributed by atoms with van der Waals surface area (Å²) in [6, 6.07) is 0. The fraction of sp³-hybridized carbons (Fsp3) is 0.550. The summed E-state index contributed by atoms with van der Waals surface area (Å²) in [7, 11) is 1.33. The average molecular weight is 568 g/mol. The largest absolute Gasteiger partial charge is 0.473 e. The molecule has 216 valence electrons. The minimum atomic E-state index is -7.61. The Morgan fingerprint density at radius 2 is 1.22 bits per heavy atom. The number of methoxy groups -OCH3 is 1. The molecule has 0 amide bonds. The minimum Gasteiger partial charge on any atom is -0.466 e. The standard InChI is InChI=1S/C8H3F11O2.C7H12O2.C5H8O2/c1-2-3(20)21-8(18,19)6(13,14)4(9,10)5(11,12)7(15,16)17;1-3-5-6-9-7(8)4-2;1-4(2)5(6)7-3/h2H,1H2;4H,2-3,5-6H2,1H3;1H2,2-3H3. The molecule has 0 unspecified atom stereocenters. The van der Waals surface area contributed by atoms with Gasteiger partial charge in [-0.2, -0.15) is 48.3 Å². The first-order valence-corrected chi connectivity index (χ1v) is 9.41. The van der Waals surface area contributed by atoms with E-state index in [9.17, 15) is 62.7 Å². The predicted molar refractivity (Wildman–Crippen MR) is 105 cm³/mol. The van der Waals surface area contributed by atoms with Gasteiger partial charge >= 0.3 is 48.0 Å². The Morgan fingerprint density at radius 3 is 1.49 bits per heavy atom. The van der Waals surface area contributed by atoms with Crippen molar-refractivity contribution in [3.63, 3.8) is 0 Å². The zero-order valence-corrected chi connectivity index (χ0v) is 19.5. The maximum atomic E-state index is 12.7. The van der Waals surface area contributed by atoms with Gasteiger partial charge in [-0.15, -0.1) is 0 Å². The second kappa shape index (κ2) is 15.2. The van der Waals surface area contributed by atoms with Crippen molar-refractivity contribution in [1.29, 1.82) is 0 Å². The molecule has 0 radical (unpaired) electrons. The molecule has 0 aromatic heterocycles. The van der Waals surface area contributed by atoms with Crippen molar-refractivity contribution in [2.75, 3.05) is 13.7 Å². The zero-order valence-electron chi connectivity index (χ0n) is 19.5. The third-order valence-corrected chi connectivity index (χ3v) is 3.35. The van der Waals surface area contributed by atoms with Gasteiger partial charge in [0.25, 0.3) is 0 Å². The fourth-order valence-electron chi connectivity index (χ4n) is 1.34. The van der Waals surface area contributed by atoms with Gasteiger partial charge in [0, 0.05) is 17.7 Å². The summed E-state index contributed by atoms with van der Waals surface area (Å²) in [5.41, 5.74) is 0.433. The summed E-state index contributed by atoms with van der Waals surface area (Å²) in [4.78, 5) is 30.8. The highest BCUT2D eigenvalue weighted by Crippen LogP contribution is 2.57. The molecular weight excluding hydrogens is 545 g/mol. The van der Waals surface area contributed by atoms with Gasteiger partial charge < -0.3 is 14.2 Å². The van der Waals surface area contributed by atoms with Crippen LogP contribution in [-0.4, -0.2) is 61.7 Å². The highest BCUT2D eigenvalue weighted by Gasteiger charge is 2.88. The van der Waals surface area contributed by atoms with Crippen LogP contribution in [0.5, 0.6) is 0 Å². The monoisotopic (exact) mass is 568 g/mol. The number of carbonyl (C=O) groups is 3. The molecule has 0 atom stereocenters. The number of rotatable bonds is 10. The lowest BCUT2D eigenvalue weighted by Crippen LogP contribution is -2.67. The van der Waals surface area contributed by atoms with Crippen LogP contribution in [0.1, 0.15) is 26.7 Å². The molecular formula is C20H23F11O6. The number of esters is 3. The molecule has 0 fully saturated rings. The first-order valence-electron chi connectivity index (χ1n) is 9.41. The van der Waals surface area contributed by atoms with Crippen LogP contribution in [0.4, 0.5) is 48.3 Å². The van der Waals surface area contributed by atoms with Crippen molar-refractivity contribution >= 4 is 17.9 Å². The first-order chi connectivity index (χ1) is 16.4. The van der Waals surface area contributed by atoms with E-state index in [0.29, 0.717) is 12.2 Å². The van der Waals surface area contributed by atoms with Crippen LogP contribution in [0.25, 0.3) is 0 Å². The van der Waals surface area contributed by atoms with Crippen LogP contribution >= 0.6 is 0 Å². The van der Waals surface area contributed by atoms with Crippen LogP contribution < -0.4 is 0 Å². The molecule has 0 rings (SSSR count). The second-order valence-corrected chi connectivity index (χ2v) is 6.36. The summed E-state index contributed by atoms with van der Waals surface area (Å²) in [6.07, 6.45) is -11.0. The smallest absolute Gasteiger partial charge is 0.466 e. The lowest BCUT2D eigenvalue weighted by Gasteiger charge is -2.36. The topological polar surface area (TPSA) is 78.9 Å². The van der Waals surface area contributed by atoms with Crippen molar-refractivity contribution in [1.82, 2.24) is 0 Å². The van der Waals surface area contributed by atoms with E-state index < -0.39 is 36.0 Å². The third kappa shape index (κ3) is 11.2. The van der Waals surface area contributed by atoms with Crippen molar-refractivity contribution in [2.24, 2.45) is 0 Å². The number of hydrogen-bond acceptors (Lipinski definition) is 6. The van der Waals surface area contributed by atoms with Gasteiger partial charge in [0.15, 0.2) is 0 Å². The van der Waals surface area contributed by atoms with Crippen LogP contribution in [0.3, 0.4) is 0 Å². The number of unbranched alkanes of at least 4 members (excludes halogenated alkanes) is 1. The Labute approximate surface area is 203 Å². The Bertz CT molecular complexity index is 805. The van der Waals surface area contributed by atoms with Gasteiger partial charge in [-0.05, 0) is 13.3 Å². The molecule has 0 aromatic carbocycles. The quantitative estimate of drug-likeness (QED) is 0.105. The molecule has 0 heterocycles. The average Bonchev–Trinajstić information content (AvgIpc) is 2.77. The number of alkyl halides is 11. The zero-order chi connectivity index (χ0) is 30.5. The van der Waals surface area contributed by atoms with Crippen LogP contribution in [0, 0.1) is 0 Å². The van der Waals surface area contributed by atoms with E-state index in [1.54, 1.807) is 6.92 Å². The van der Waals surface area contributed by atoms with Crippen molar-refractivity contribution in [3.05, 3.63) is 37.5 Å². The normalized spacial score (nSPS) is 11.9. The van der Waals surface area contributed by atoms with Crippen molar-refractivity contribution < 1.29 is 76.9 Å². The van der Waals surface area contributed by atoms with E-state index in [-0.39, 0.29) is 18.0 Å². The number of carbonyl (C=O) groups excluding carboxylic acids is 3. The molecule has 37 heavy (non-hydrogen) atoms. The Kier molecular flexibility index (Phi) is 15.8. The lowest BCUT2D eigenvalue weighted by molar-refractivity contribution is -0.449. The molecule has 17 heteroatoms. The van der Waals surface area contributed by atoms with Gasteiger partial charge in [0.1, 0.15) is 0 Å². The third-order valence-electron chi connectivity index (χ3n) is 3.35. The molecule has 0 bridgehead atoms. The van der Waals surface area contributed by atoms with Crippen LogP contribution in [0.2, 0.25) is 0 Å². The summed E-state index contributed by atoms with van der Waals surface area (Å²) in [6.45, 7) is 13.2. The van der Waals surface area contributed by atoms with E-state index in [1.165, 1.54) is 13.2 Å². The van der Waals surface area contributed by atoms with Gasteiger partial charge in [-0.3, -0.25) is 0 Å². The van der Waals surface area contributed by atoms with Crippen molar-refractivity contribution in [2.45, 2.75) is 56.7 Å². The highest BCUT2D eigenvalue weighted by atomic mass is 19.4. The second-order valence-electron chi connectivity index (χ2n) is 6.36. The molecule has 6 nitrogen and oxygen atoms in total. The van der Waals surface area contributed by atoms with Crippen LogP contribution in [-0.2, 0) is 28.6 Å². The first kappa shape index (κ1) is 38.4. The van der Waals surface area contributed by atoms with E-state index in [2.05, 4.69) is 33.9 Å². The molecule has 0 aliphatic carbocycles. The molecule has 0 saturated carbocycles. The SMILES string of the molecule is C=C(C)C(=O)OC.C=CC(=O)OC(F)(F)C(F)(F)C(F)(F)C(F)(F)C(F)(F)F.C=CC(=O)OCCCC. The van der Waals surface area contributed by atoms with Gasteiger partial charge in [-0.25, -0.2) is 14.4 Å². The van der Waals surface area contributed by atoms with Crippen LogP contribution in [0.15, 0.2) is 37.5 Å². The predicted octanol–water partition coefficient (Wildman–Crippen LogP) is 6.03. The minimum absolute atomic E-state index is 0.232. The fourth-order valence-corrected chi connectivity index (χ4v) is 1.34. The maximum absolute atomic E-state index is 12.7. The van der Waals surface area contributed by atoms with E-state index in [1.807, 2.05) is 6.92 Å². The molecule has 0 spiro atoms. The number of halogens is 11. The maximum Gasteiger partial charge on any atom is 0.473 e. The molecule has 0 N–H and O–H groups in total. The van der Waals surface area contributed by atoms with Gasteiger partial charge in [-0.1, -0.05) is 33.1 Å². The summed E-state index contributed by atoms with van der Waals surface area (Å²) in [5, 5.41) is 0. The molecule has 0 aliphatic rings. The molecule has 0 saturated heterocycles. The highest BCUT2D eigenvalue weighted by molar-refractivity contribution is 5.86. The van der Waals surface area contributed by atoms with Crippen molar-refractivity contribution in [3.8, 4) is 0 Å². The summed E-state index contributed by atoms with van der Waals surface area (Å²) < 4.78 is 147. The summed E-state index contributed by atoms with van der Waals surface area (Å²) >= 11 is 0. The molecule has 0 aromatic rings. The number of ether oxygens (including phenoxy) is 3. The number of hydrogen-bond donors (Lipinski definition) is 0. The van der Waals surface area contributed by atoms with Gasteiger partial charge in [0.05, 0.1) is 13.7 Å².